The number of H-pyrrole nitrogens is 1. The van der Waals surface area contributed by atoms with Crippen molar-refractivity contribution < 1.29 is 14.3 Å². The summed E-state index contributed by atoms with van der Waals surface area (Å²) in [5.41, 5.74) is 3.54. The summed E-state index contributed by atoms with van der Waals surface area (Å²) in [7, 11) is 3.47. The number of hydrogen-bond donors (Lipinski definition) is 1. The van der Waals surface area contributed by atoms with Crippen molar-refractivity contribution in [1.82, 2.24) is 24.6 Å². The van der Waals surface area contributed by atoms with Crippen molar-refractivity contribution in [3.05, 3.63) is 35.2 Å². The molecule has 2 aromatic rings. The van der Waals surface area contributed by atoms with Crippen LogP contribution in [0.15, 0.2) is 12.5 Å². The lowest BCUT2D eigenvalue weighted by molar-refractivity contribution is -0.00719. The largest absolute Gasteiger partial charge is 0.383 e. The summed E-state index contributed by atoms with van der Waals surface area (Å²) >= 11 is 0. The second-order valence-electron chi connectivity index (χ2n) is 6.77. The maximum absolute atomic E-state index is 13.2. The number of methoxy groups -OCH3 is 1. The van der Waals surface area contributed by atoms with Gasteiger partial charge in [-0.2, -0.15) is 5.10 Å². The van der Waals surface area contributed by atoms with E-state index in [-0.39, 0.29) is 18.1 Å². The number of rotatable bonds is 7. The Balaban J connectivity index is 1.84. The molecule has 3 rings (SSSR count). The molecule has 0 aromatic carbocycles. The van der Waals surface area contributed by atoms with Crippen LogP contribution in [0, 0.1) is 0 Å². The Morgan fingerprint density at radius 1 is 1.50 bits per heavy atom. The monoisotopic (exact) mass is 361 g/mol. The molecule has 0 bridgehead atoms. The summed E-state index contributed by atoms with van der Waals surface area (Å²) in [5, 5.41) is 4.67. The smallest absolute Gasteiger partial charge is 0.272 e. The van der Waals surface area contributed by atoms with Crippen LogP contribution in [0.25, 0.3) is 0 Å². The number of amides is 1. The van der Waals surface area contributed by atoms with Crippen molar-refractivity contribution in [2.75, 3.05) is 27.3 Å². The van der Waals surface area contributed by atoms with E-state index in [0.717, 1.165) is 23.4 Å². The molecule has 1 amide bonds. The number of carbonyl (C=O) groups excluding carboxylic acids is 1. The van der Waals surface area contributed by atoms with Gasteiger partial charge in [-0.25, -0.2) is 4.98 Å². The fraction of sp³-hybridized carbons (Fsp3) is 0.611. The minimum absolute atomic E-state index is 0.0179. The number of imidazole rings is 1. The van der Waals surface area contributed by atoms with Gasteiger partial charge in [0.05, 0.1) is 37.4 Å². The van der Waals surface area contributed by atoms with E-state index < -0.39 is 0 Å². The van der Waals surface area contributed by atoms with Gasteiger partial charge in [0, 0.05) is 51.0 Å². The third kappa shape index (κ3) is 3.81. The highest BCUT2D eigenvalue weighted by atomic mass is 16.5. The number of nitrogens with one attached hydrogen (secondary N) is 1. The highest BCUT2D eigenvalue weighted by molar-refractivity contribution is 5.94. The minimum atomic E-state index is -0.112. The summed E-state index contributed by atoms with van der Waals surface area (Å²) in [6.45, 7) is 5.66. The van der Waals surface area contributed by atoms with Crippen LogP contribution in [0.3, 0.4) is 0 Å². The molecule has 1 aliphatic heterocycles. The highest BCUT2D eigenvalue weighted by Crippen LogP contribution is 2.32. The fourth-order valence-corrected chi connectivity index (χ4v) is 3.36. The van der Waals surface area contributed by atoms with Crippen molar-refractivity contribution in [1.29, 1.82) is 0 Å². The van der Waals surface area contributed by atoms with Gasteiger partial charge in [0.2, 0.25) is 0 Å². The van der Waals surface area contributed by atoms with Crippen LogP contribution in [-0.4, -0.2) is 64.0 Å². The molecular formula is C18H27N5O3. The Bertz CT molecular complexity index is 740. The first-order chi connectivity index (χ1) is 12.5. The molecule has 142 valence electrons. The van der Waals surface area contributed by atoms with Gasteiger partial charge in [-0.15, -0.1) is 0 Å². The average Bonchev–Trinajstić information content (AvgIpc) is 3.24. The molecule has 1 N–H and O–H groups in total. The summed E-state index contributed by atoms with van der Waals surface area (Å²) in [5.74, 6) is -0.0179. The molecule has 0 unspecified atom stereocenters. The van der Waals surface area contributed by atoms with Gasteiger partial charge in [0.15, 0.2) is 0 Å². The third-order valence-electron chi connectivity index (χ3n) is 4.72. The molecule has 0 saturated heterocycles. The molecular weight excluding hydrogens is 334 g/mol. The topological polar surface area (TPSA) is 85.3 Å². The zero-order valence-electron chi connectivity index (χ0n) is 15.9. The normalized spacial score (nSPS) is 19.4. The maximum Gasteiger partial charge on any atom is 0.272 e. The molecule has 1 aliphatic rings. The molecule has 0 saturated carbocycles. The summed E-state index contributed by atoms with van der Waals surface area (Å²) in [6.07, 6.45) is 4.81. The summed E-state index contributed by atoms with van der Waals surface area (Å²) in [6, 6.07) is 0. The zero-order chi connectivity index (χ0) is 18.7. The Hall–Kier alpha value is -2.19. The van der Waals surface area contributed by atoms with E-state index in [1.165, 1.54) is 0 Å². The van der Waals surface area contributed by atoms with E-state index in [9.17, 15) is 4.79 Å². The van der Waals surface area contributed by atoms with E-state index in [2.05, 4.69) is 15.1 Å². The molecule has 2 atom stereocenters. The number of carbonyl (C=O) groups is 1. The van der Waals surface area contributed by atoms with Gasteiger partial charge < -0.3 is 19.4 Å². The van der Waals surface area contributed by atoms with Crippen molar-refractivity contribution in [2.24, 2.45) is 0 Å². The van der Waals surface area contributed by atoms with Crippen molar-refractivity contribution >= 4 is 5.91 Å². The van der Waals surface area contributed by atoms with Crippen LogP contribution in [0.4, 0.5) is 0 Å². The van der Waals surface area contributed by atoms with Crippen molar-refractivity contribution in [3.63, 3.8) is 0 Å². The van der Waals surface area contributed by atoms with Crippen LogP contribution in [0.5, 0.6) is 0 Å². The predicted molar refractivity (Wildman–Crippen MR) is 96.0 cm³/mol. The van der Waals surface area contributed by atoms with Gasteiger partial charge in [0.1, 0.15) is 5.69 Å². The van der Waals surface area contributed by atoms with E-state index in [1.54, 1.807) is 29.2 Å². The van der Waals surface area contributed by atoms with Crippen LogP contribution < -0.4 is 0 Å². The quantitative estimate of drug-likeness (QED) is 0.809. The molecule has 3 heterocycles. The first-order valence-corrected chi connectivity index (χ1v) is 8.98. The fourth-order valence-electron chi connectivity index (χ4n) is 3.36. The van der Waals surface area contributed by atoms with Gasteiger partial charge >= 0.3 is 0 Å². The first-order valence-electron chi connectivity index (χ1n) is 8.98. The van der Waals surface area contributed by atoms with Gasteiger partial charge in [-0.1, -0.05) is 0 Å². The van der Waals surface area contributed by atoms with Crippen LogP contribution >= 0.6 is 0 Å². The van der Waals surface area contributed by atoms with Crippen LogP contribution in [0.1, 0.15) is 47.4 Å². The second kappa shape index (κ2) is 8.01. The Labute approximate surface area is 153 Å². The van der Waals surface area contributed by atoms with Crippen molar-refractivity contribution in [3.8, 4) is 0 Å². The molecule has 2 aromatic heterocycles. The van der Waals surface area contributed by atoms with E-state index in [4.69, 9.17) is 9.47 Å². The van der Waals surface area contributed by atoms with E-state index >= 15 is 0 Å². The maximum atomic E-state index is 13.2. The molecule has 0 fully saturated rings. The standard InChI is InChI=1S/C18H27N5O3/c1-12-9-15-16(13(2)26-12)21-23(7-8-25-4)17(15)18(24)22(3)6-5-14-10-19-11-20-14/h10-13H,5-9H2,1-4H3,(H,19,20)/t12-,13+/m0/s1. The molecule has 0 spiro atoms. The Morgan fingerprint density at radius 3 is 3.00 bits per heavy atom. The molecule has 8 heteroatoms. The zero-order valence-corrected chi connectivity index (χ0v) is 15.9. The van der Waals surface area contributed by atoms with Crippen LogP contribution in [0.2, 0.25) is 0 Å². The van der Waals surface area contributed by atoms with E-state index in [0.29, 0.717) is 31.8 Å². The Kier molecular flexibility index (Phi) is 5.73. The lowest BCUT2D eigenvalue weighted by Gasteiger charge is -2.25. The van der Waals surface area contributed by atoms with Gasteiger partial charge in [0.25, 0.3) is 5.91 Å². The lowest BCUT2D eigenvalue weighted by atomic mass is 9.99. The highest BCUT2D eigenvalue weighted by Gasteiger charge is 2.33. The summed E-state index contributed by atoms with van der Waals surface area (Å²) < 4.78 is 12.8. The first kappa shape index (κ1) is 18.6. The minimum Gasteiger partial charge on any atom is -0.383 e. The number of fused-ring (bicyclic) bond motifs is 1. The van der Waals surface area contributed by atoms with Crippen molar-refractivity contribution in [2.45, 2.75) is 45.4 Å². The summed E-state index contributed by atoms with van der Waals surface area (Å²) in [4.78, 5) is 22.0. The third-order valence-corrected chi connectivity index (χ3v) is 4.72. The van der Waals surface area contributed by atoms with Gasteiger partial charge in [-0.3, -0.25) is 9.48 Å². The molecule has 8 nitrogen and oxygen atoms in total. The molecule has 0 radical (unpaired) electrons. The van der Waals surface area contributed by atoms with E-state index in [1.807, 2.05) is 20.9 Å². The molecule has 26 heavy (non-hydrogen) atoms. The number of likely N-dealkylation sites (N-methyl/N-ethyl adjacent to an activating group) is 1. The number of aromatic nitrogens is 4. The number of nitrogens with zero attached hydrogens (tertiary/aromatic N) is 4. The van der Waals surface area contributed by atoms with Crippen LogP contribution in [-0.2, 0) is 28.9 Å². The van der Waals surface area contributed by atoms with Gasteiger partial charge in [-0.05, 0) is 13.8 Å². The predicted octanol–water partition coefficient (Wildman–Crippen LogP) is 1.59. The lowest BCUT2D eigenvalue weighted by Crippen LogP contribution is -2.33. The Morgan fingerprint density at radius 2 is 2.31 bits per heavy atom. The second-order valence-corrected chi connectivity index (χ2v) is 6.77. The number of aromatic amines is 1. The SMILES string of the molecule is COCCn1nc2c(c1C(=O)N(C)CCc1cnc[nH]1)C[C@H](C)O[C@@H]2C. The number of ether oxygens (including phenoxy) is 2. The molecule has 0 aliphatic carbocycles. The number of hydrogen-bond acceptors (Lipinski definition) is 5. The average molecular weight is 361 g/mol.